The number of carbonyl (C=O) groups is 2. The van der Waals surface area contributed by atoms with Crippen molar-refractivity contribution in [3.63, 3.8) is 0 Å². The third kappa shape index (κ3) is 8.21. The quantitative estimate of drug-likeness (QED) is 0.673. The molecule has 2 amide bonds. The number of hydrogen-bond acceptors (Lipinski definition) is 4. The molecule has 1 aromatic carbocycles. The molecule has 1 rings (SSSR count). The summed E-state index contributed by atoms with van der Waals surface area (Å²) in [5.74, 6) is -0.265. The van der Waals surface area contributed by atoms with Crippen molar-refractivity contribution in [1.82, 2.24) is 5.32 Å². The molecule has 0 spiro atoms. The van der Waals surface area contributed by atoms with Crippen LogP contribution in [0.1, 0.15) is 40.0 Å². The van der Waals surface area contributed by atoms with Gasteiger partial charge in [-0.05, 0) is 58.7 Å². The molecule has 0 saturated heterocycles. The highest BCUT2D eigenvalue weighted by Gasteiger charge is 2.24. The van der Waals surface area contributed by atoms with Gasteiger partial charge in [0.1, 0.15) is 11.6 Å². The number of amides is 2. The summed E-state index contributed by atoms with van der Waals surface area (Å²) in [6.45, 7) is 5.89. The fourth-order valence-electron chi connectivity index (χ4n) is 1.96. The van der Waals surface area contributed by atoms with E-state index >= 15 is 0 Å². The molecular weight excluding hydrogens is 294 g/mol. The fourth-order valence-corrected chi connectivity index (χ4v) is 1.96. The molecule has 0 unspecified atom stereocenters. The number of unbranched alkanes of at least 4 members (excludes halogenated alkanes) is 1. The first-order valence-electron chi connectivity index (χ1n) is 7.87. The number of ether oxygens (including phenoxy) is 1. The highest BCUT2D eigenvalue weighted by Crippen LogP contribution is 2.11. The second kappa shape index (κ2) is 9.15. The SMILES string of the molecule is CC(C)(C)OC(=O)N[C@@H](CCCCN)C(=O)Nc1ccccc1. The molecule has 0 aliphatic carbocycles. The first kappa shape index (κ1) is 19.0. The minimum absolute atomic E-state index is 0.265. The Labute approximate surface area is 137 Å². The molecule has 1 aromatic rings. The molecule has 0 heterocycles. The van der Waals surface area contributed by atoms with Crippen LogP contribution in [-0.2, 0) is 9.53 Å². The number of hydrogen-bond donors (Lipinski definition) is 3. The molecule has 0 aliphatic rings. The number of alkyl carbamates (subject to hydrolysis) is 1. The Kier molecular flexibility index (Phi) is 7.54. The van der Waals surface area contributed by atoms with Gasteiger partial charge < -0.3 is 21.1 Å². The van der Waals surface area contributed by atoms with Gasteiger partial charge >= 0.3 is 6.09 Å². The number of nitrogens with one attached hydrogen (secondary N) is 2. The van der Waals surface area contributed by atoms with E-state index in [-0.39, 0.29) is 5.91 Å². The number of benzene rings is 1. The van der Waals surface area contributed by atoms with E-state index in [0.29, 0.717) is 18.7 Å². The van der Waals surface area contributed by atoms with Crippen molar-refractivity contribution < 1.29 is 14.3 Å². The van der Waals surface area contributed by atoms with E-state index in [0.717, 1.165) is 12.8 Å². The van der Waals surface area contributed by atoms with Gasteiger partial charge in [-0.25, -0.2) is 4.79 Å². The van der Waals surface area contributed by atoms with Gasteiger partial charge in [-0.2, -0.15) is 0 Å². The molecule has 6 nitrogen and oxygen atoms in total. The lowest BCUT2D eigenvalue weighted by Gasteiger charge is -2.23. The van der Waals surface area contributed by atoms with E-state index in [2.05, 4.69) is 10.6 Å². The van der Waals surface area contributed by atoms with Crippen LogP contribution in [0.4, 0.5) is 10.5 Å². The van der Waals surface area contributed by atoms with Crippen LogP contribution in [0.5, 0.6) is 0 Å². The van der Waals surface area contributed by atoms with Gasteiger partial charge in [0, 0.05) is 5.69 Å². The average molecular weight is 321 g/mol. The maximum Gasteiger partial charge on any atom is 0.408 e. The zero-order valence-corrected chi connectivity index (χ0v) is 14.1. The smallest absolute Gasteiger partial charge is 0.408 e. The summed E-state index contributed by atoms with van der Waals surface area (Å²) < 4.78 is 5.22. The predicted molar refractivity (Wildman–Crippen MR) is 91.1 cm³/mol. The topological polar surface area (TPSA) is 93.4 Å². The maximum atomic E-state index is 12.4. The minimum Gasteiger partial charge on any atom is -0.444 e. The van der Waals surface area contributed by atoms with Gasteiger partial charge in [-0.3, -0.25) is 4.79 Å². The molecule has 0 aliphatic heterocycles. The molecule has 0 radical (unpaired) electrons. The van der Waals surface area contributed by atoms with E-state index in [9.17, 15) is 9.59 Å². The third-order valence-corrected chi connectivity index (χ3v) is 3.00. The standard InChI is InChI=1S/C17H27N3O3/c1-17(2,3)23-16(22)20-14(11-7-8-12-18)15(21)19-13-9-5-4-6-10-13/h4-6,9-10,14H,7-8,11-12,18H2,1-3H3,(H,19,21)(H,20,22)/t14-/m0/s1. The van der Waals surface area contributed by atoms with Crippen molar-refractivity contribution in [3.05, 3.63) is 30.3 Å². The molecule has 4 N–H and O–H groups in total. The van der Waals surface area contributed by atoms with Crippen molar-refractivity contribution in [3.8, 4) is 0 Å². The lowest BCUT2D eigenvalue weighted by atomic mass is 10.1. The second-order valence-electron chi connectivity index (χ2n) is 6.34. The number of anilines is 1. The summed E-state index contributed by atoms with van der Waals surface area (Å²) in [6, 6.07) is 8.47. The number of nitrogens with two attached hydrogens (primary N) is 1. The Balaban J connectivity index is 2.66. The predicted octanol–water partition coefficient (Wildman–Crippen LogP) is 2.65. The van der Waals surface area contributed by atoms with Gasteiger partial charge in [0.05, 0.1) is 0 Å². The van der Waals surface area contributed by atoms with Crippen molar-refractivity contribution >= 4 is 17.7 Å². The van der Waals surface area contributed by atoms with Crippen LogP contribution in [0.25, 0.3) is 0 Å². The number of carbonyl (C=O) groups excluding carboxylic acids is 2. The zero-order chi connectivity index (χ0) is 17.3. The summed E-state index contributed by atoms with van der Waals surface area (Å²) in [4.78, 5) is 24.3. The highest BCUT2D eigenvalue weighted by atomic mass is 16.6. The van der Waals surface area contributed by atoms with Crippen LogP contribution in [0, 0.1) is 0 Å². The van der Waals surface area contributed by atoms with Crippen molar-refractivity contribution in [2.24, 2.45) is 5.73 Å². The molecule has 23 heavy (non-hydrogen) atoms. The van der Waals surface area contributed by atoms with Crippen molar-refractivity contribution in [2.75, 3.05) is 11.9 Å². The monoisotopic (exact) mass is 321 g/mol. The Bertz CT molecular complexity index is 498. The molecule has 0 fully saturated rings. The van der Waals surface area contributed by atoms with E-state index < -0.39 is 17.7 Å². The average Bonchev–Trinajstić information content (AvgIpc) is 2.45. The lowest BCUT2D eigenvalue weighted by Crippen LogP contribution is -2.45. The maximum absolute atomic E-state index is 12.4. The van der Waals surface area contributed by atoms with Crippen LogP contribution in [0.3, 0.4) is 0 Å². The molecule has 0 bridgehead atoms. The van der Waals surface area contributed by atoms with Crippen LogP contribution in [0.15, 0.2) is 30.3 Å². The Hall–Kier alpha value is -2.08. The van der Waals surface area contributed by atoms with E-state index in [1.807, 2.05) is 18.2 Å². The normalized spacial score (nSPS) is 12.3. The second-order valence-corrected chi connectivity index (χ2v) is 6.34. The zero-order valence-electron chi connectivity index (χ0n) is 14.1. The van der Waals surface area contributed by atoms with Gasteiger partial charge in [-0.1, -0.05) is 18.2 Å². The summed E-state index contributed by atoms with van der Waals surface area (Å²) in [5, 5.41) is 5.44. The molecule has 128 valence electrons. The van der Waals surface area contributed by atoms with E-state index in [4.69, 9.17) is 10.5 Å². The van der Waals surface area contributed by atoms with Crippen LogP contribution >= 0.6 is 0 Å². The molecule has 1 atom stereocenters. The van der Waals surface area contributed by atoms with Crippen LogP contribution < -0.4 is 16.4 Å². The first-order valence-corrected chi connectivity index (χ1v) is 7.87. The number of rotatable bonds is 7. The molecule has 0 aromatic heterocycles. The van der Waals surface area contributed by atoms with Crippen LogP contribution in [0.2, 0.25) is 0 Å². The lowest BCUT2D eigenvalue weighted by molar-refractivity contribution is -0.118. The third-order valence-electron chi connectivity index (χ3n) is 3.00. The van der Waals surface area contributed by atoms with E-state index in [1.165, 1.54) is 0 Å². The Morgan fingerprint density at radius 1 is 1.17 bits per heavy atom. The molecule has 6 heteroatoms. The van der Waals surface area contributed by atoms with Gasteiger partial charge in [0.2, 0.25) is 5.91 Å². The minimum atomic E-state index is -0.656. The fraction of sp³-hybridized carbons (Fsp3) is 0.529. The number of para-hydroxylation sites is 1. The van der Waals surface area contributed by atoms with Crippen molar-refractivity contribution in [1.29, 1.82) is 0 Å². The Morgan fingerprint density at radius 2 is 1.83 bits per heavy atom. The van der Waals surface area contributed by atoms with Crippen molar-refractivity contribution in [2.45, 2.75) is 51.7 Å². The largest absolute Gasteiger partial charge is 0.444 e. The summed E-state index contributed by atoms with van der Waals surface area (Å²) in [7, 11) is 0. The van der Waals surface area contributed by atoms with Gasteiger partial charge in [0.15, 0.2) is 0 Å². The molecule has 0 saturated carbocycles. The summed E-state index contributed by atoms with van der Waals surface area (Å²) >= 11 is 0. The summed E-state index contributed by atoms with van der Waals surface area (Å²) in [6.07, 6.45) is 1.46. The van der Waals surface area contributed by atoms with Gasteiger partial charge in [0.25, 0.3) is 0 Å². The Morgan fingerprint density at radius 3 is 2.39 bits per heavy atom. The summed E-state index contributed by atoms with van der Waals surface area (Å²) in [5.41, 5.74) is 5.56. The highest BCUT2D eigenvalue weighted by molar-refractivity contribution is 5.96. The first-order chi connectivity index (χ1) is 10.8. The van der Waals surface area contributed by atoms with Gasteiger partial charge in [-0.15, -0.1) is 0 Å². The van der Waals surface area contributed by atoms with Crippen LogP contribution in [-0.4, -0.2) is 30.2 Å². The van der Waals surface area contributed by atoms with E-state index in [1.54, 1.807) is 32.9 Å². The molecular formula is C17H27N3O3.